The first kappa shape index (κ1) is 27.5. The molecule has 2 saturated heterocycles. The van der Waals surface area contributed by atoms with E-state index in [9.17, 15) is 9.59 Å². The molecule has 0 bridgehead atoms. The van der Waals surface area contributed by atoms with Gasteiger partial charge in [0.1, 0.15) is 11.9 Å². The number of methoxy groups -OCH3 is 1. The van der Waals surface area contributed by atoms with Crippen LogP contribution in [0.3, 0.4) is 0 Å². The lowest BCUT2D eigenvalue weighted by molar-refractivity contribution is -0.135. The first-order valence-electron chi connectivity index (χ1n) is 14.8. The van der Waals surface area contributed by atoms with Gasteiger partial charge in [0.15, 0.2) is 0 Å². The molecule has 0 radical (unpaired) electrons. The number of carbonyl (C=O) groups excluding carboxylic acids is 2. The molecule has 1 aliphatic carbocycles. The molecular formula is C33H40N4O4. The van der Waals surface area contributed by atoms with Crippen molar-refractivity contribution < 1.29 is 19.1 Å². The normalized spacial score (nSPS) is 22.4. The molecule has 1 aromatic heterocycles. The van der Waals surface area contributed by atoms with Gasteiger partial charge in [-0.25, -0.2) is 9.78 Å². The standard InChI is InChI=1S/C33H40N4O4/c1-20(2)29(36-32(39)40-4)31(38)37-16-5-6-27(37)30-34-18-26(35-30)23-10-8-22(9-11-23)25-12-7-21(3)24-13-14-33(28(24)25)15-17-41-19-33/h7-12,18,20,27,29H,5-6,13-17,19H2,1-4H3,(H,34,35)(H,36,39)/t27-,29-,33?/m0/s1. The molecule has 2 fully saturated rings. The third-order valence-corrected chi connectivity index (χ3v) is 9.38. The van der Waals surface area contributed by atoms with Gasteiger partial charge in [0.2, 0.25) is 5.91 Å². The molecule has 6 rings (SSSR count). The monoisotopic (exact) mass is 556 g/mol. The zero-order chi connectivity index (χ0) is 28.7. The summed E-state index contributed by atoms with van der Waals surface area (Å²) in [6.45, 7) is 8.37. The number of alkyl carbamates (subject to hydrolysis) is 1. The van der Waals surface area contributed by atoms with Gasteiger partial charge in [-0.2, -0.15) is 0 Å². The summed E-state index contributed by atoms with van der Waals surface area (Å²) in [5, 5.41) is 2.71. The Balaban J connectivity index is 1.23. The zero-order valence-electron chi connectivity index (χ0n) is 24.5. The van der Waals surface area contributed by atoms with Gasteiger partial charge in [0, 0.05) is 18.6 Å². The number of ether oxygens (including phenoxy) is 2. The number of nitrogens with zero attached hydrogens (tertiary/aromatic N) is 2. The average Bonchev–Trinajstić information content (AvgIpc) is 3.79. The van der Waals surface area contributed by atoms with Gasteiger partial charge in [0.25, 0.3) is 0 Å². The predicted octanol–water partition coefficient (Wildman–Crippen LogP) is 5.70. The number of aromatic nitrogens is 2. The molecule has 1 spiro atoms. The number of aryl methyl sites for hydroxylation is 1. The van der Waals surface area contributed by atoms with Crippen molar-refractivity contribution in [3.63, 3.8) is 0 Å². The number of aromatic amines is 1. The Bertz CT molecular complexity index is 1440. The second kappa shape index (κ2) is 11.0. The van der Waals surface area contributed by atoms with Crippen LogP contribution in [0.25, 0.3) is 22.4 Å². The lowest BCUT2D eigenvalue weighted by atomic mass is 9.77. The van der Waals surface area contributed by atoms with Crippen LogP contribution in [0.5, 0.6) is 0 Å². The molecule has 8 nitrogen and oxygen atoms in total. The van der Waals surface area contributed by atoms with Crippen molar-refractivity contribution in [1.82, 2.24) is 20.2 Å². The number of likely N-dealkylation sites (tertiary alicyclic amines) is 1. The number of carbonyl (C=O) groups is 2. The number of H-pyrrole nitrogens is 1. The summed E-state index contributed by atoms with van der Waals surface area (Å²) in [6.07, 6.45) is 6.37. The van der Waals surface area contributed by atoms with Crippen LogP contribution < -0.4 is 5.32 Å². The van der Waals surface area contributed by atoms with Gasteiger partial charge in [-0.3, -0.25) is 4.79 Å². The molecule has 2 aliphatic heterocycles. The van der Waals surface area contributed by atoms with Crippen molar-refractivity contribution in [3.8, 4) is 22.4 Å². The van der Waals surface area contributed by atoms with Crippen molar-refractivity contribution >= 4 is 12.0 Å². The van der Waals surface area contributed by atoms with Gasteiger partial charge in [-0.1, -0.05) is 50.2 Å². The minimum Gasteiger partial charge on any atom is -0.453 e. The van der Waals surface area contributed by atoms with Crippen LogP contribution in [0.2, 0.25) is 0 Å². The topological polar surface area (TPSA) is 96.6 Å². The van der Waals surface area contributed by atoms with E-state index in [2.05, 4.69) is 53.6 Å². The molecular weight excluding hydrogens is 516 g/mol. The number of hydrogen-bond donors (Lipinski definition) is 2. The summed E-state index contributed by atoms with van der Waals surface area (Å²) >= 11 is 0. The van der Waals surface area contributed by atoms with Crippen molar-refractivity contribution in [1.29, 1.82) is 0 Å². The molecule has 216 valence electrons. The highest BCUT2D eigenvalue weighted by molar-refractivity contribution is 5.86. The molecule has 2 N–H and O–H groups in total. The maximum Gasteiger partial charge on any atom is 0.407 e. The Labute approximate surface area is 241 Å². The highest BCUT2D eigenvalue weighted by Crippen LogP contribution is 2.50. The molecule has 2 amide bonds. The molecule has 3 heterocycles. The second-order valence-electron chi connectivity index (χ2n) is 12.2. The van der Waals surface area contributed by atoms with Crippen LogP contribution in [-0.4, -0.2) is 59.8 Å². The molecule has 8 heteroatoms. The Hall–Kier alpha value is -3.65. The Morgan fingerprint density at radius 3 is 2.63 bits per heavy atom. The summed E-state index contributed by atoms with van der Waals surface area (Å²) < 4.78 is 10.7. The first-order chi connectivity index (χ1) is 19.8. The molecule has 41 heavy (non-hydrogen) atoms. The lowest BCUT2D eigenvalue weighted by Gasteiger charge is -2.30. The van der Waals surface area contributed by atoms with E-state index in [0.29, 0.717) is 6.54 Å². The minimum atomic E-state index is -0.650. The minimum absolute atomic E-state index is 0.0700. The summed E-state index contributed by atoms with van der Waals surface area (Å²) in [5.41, 5.74) is 9.07. The molecule has 3 aromatic rings. The average molecular weight is 557 g/mol. The number of benzene rings is 2. The SMILES string of the molecule is COC(=O)N[C@H](C(=O)N1CCC[C@H]1c1ncc(-c2ccc(-c3ccc(C)c4c3C3(CCOC3)CC4)cc2)[nH]1)C(C)C. The lowest BCUT2D eigenvalue weighted by Crippen LogP contribution is -2.51. The van der Waals surface area contributed by atoms with Crippen LogP contribution >= 0.6 is 0 Å². The number of nitrogens with one attached hydrogen (secondary N) is 2. The van der Waals surface area contributed by atoms with Crippen LogP contribution in [0.4, 0.5) is 4.79 Å². The smallest absolute Gasteiger partial charge is 0.407 e. The van der Waals surface area contributed by atoms with E-state index in [4.69, 9.17) is 14.5 Å². The maximum atomic E-state index is 13.5. The third-order valence-electron chi connectivity index (χ3n) is 9.38. The molecule has 3 aliphatic rings. The summed E-state index contributed by atoms with van der Waals surface area (Å²) in [7, 11) is 1.31. The van der Waals surface area contributed by atoms with Crippen LogP contribution in [0.15, 0.2) is 42.6 Å². The van der Waals surface area contributed by atoms with E-state index in [-0.39, 0.29) is 23.3 Å². The molecule has 1 unspecified atom stereocenters. The van der Waals surface area contributed by atoms with E-state index in [1.165, 1.54) is 41.3 Å². The van der Waals surface area contributed by atoms with E-state index < -0.39 is 12.1 Å². The predicted molar refractivity (Wildman–Crippen MR) is 157 cm³/mol. The maximum absolute atomic E-state index is 13.5. The quantitative estimate of drug-likeness (QED) is 0.406. The van der Waals surface area contributed by atoms with Crippen molar-refractivity contribution in [3.05, 3.63) is 65.1 Å². The fourth-order valence-corrected chi connectivity index (χ4v) is 7.09. The molecule has 0 saturated carbocycles. The van der Waals surface area contributed by atoms with E-state index in [0.717, 1.165) is 56.0 Å². The van der Waals surface area contributed by atoms with Gasteiger partial charge in [-0.05, 0) is 78.3 Å². The fourth-order valence-electron chi connectivity index (χ4n) is 7.09. The van der Waals surface area contributed by atoms with Crippen molar-refractivity contribution in [2.75, 3.05) is 26.9 Å². The van der Waals surface area contributed by atoms with Crippen molar-refractivity contribution in [2.24, 2.45) is 5.92 Å². The Morgan fingerprint density at radius 2 is 1.93 bits per heavy atom. The highest BCUT2D eigenvalue weighted by atomic mass is 16.5. The van der Waals surface area contributed by atoms with Crippen LogP contribution in [0, 0.1) is 12.8 Å². The number of hydrogen-bond acceptors (Lipinski definition) is 5. The number of fused-ring (bicyclic) bond motifs is 2. The highest BCUT2D eigenvalue weighted by Gasteiger charge is 2.44. The summed E-state index contributed by atoms with van der Waals surface area (Å²) in [6, 6.07) is 12.5. The number of imidazole rings is 1. The van der Waals surface area contributed by atoms with E-state index in [1.807, 2.05) is 24.9 Å². The third kappa shape index (κ3) is 4.92. The summed E-state index contributed by atoms with van der Waals surface area (Å²) in [4.78, 5) is 35.4. The van der Waals surface area contributed by atoms with Gasteiger partial charge in [-0.15, -0.1) is 0 Å². The first-order valence-corrected chi connectivity index (χ1v) is 14.8. The number of rotatable bonds is 6. The fraction of sp³-hybridized carbons (Fsp3) is 0.485. The molecule has 3 atom stereocenters. The largest absolute Gasteiger partial charge is 0.453 e. The van der Waals surface area contributed by atoms with E-state index >= 15 is 0 Å². The second-order valence-corrected chi connectivity index (χ2v) is 12.2. The van der Waals surface area contributed by atoms with Crippen molar-refractivity contribution in [2.45, 2.75) is 70.4 Å². The van der Waals surface area contributed by atoms with Gasteiger partial charge >= 0.3 is 6.09 Å². The summed E-state index contributed by atoms with van der Waals surface area (Å²) in [5.74, 6) is 0.598. The Morgan fingerprint density at radius 1 is 1.15 bits per heavy atom. The molecule has 2 aromatic carbocycles. The zero-order valence-corrected chi connectivity index (χ0v) is 24.5. The Kier molecular flexibility index (Phi) is 7.36. The van der Waals surface area contributed by atoms with Crippen LogP contribution in [-0.2, 0) is 26.1 Å². The van der Waals surface area contributed by atoms with Gasteiger partial charge in [0.05, 0.1) is 31.6 Å². The van der Waals surface area contributed by atoms with E-state index in [1.54, 1.807) is 0 Å². The van der Waals surface area contributed by atoms with Crippen LogP contribution in [0.1, 0.15) is 68.1 Å². The number of amides is 2. The van der Waals surface area contributed by atoms with Gasteiger partial charge < -0.3 is 24.7 Å².